The maximum Gasteiger partial charge on any atom is 0.263 e. The van der Waals surface area contributed by atoms with Crippen molar-refractivity contribution in [1.82, 2.24) is 10.1 Å². The SMILES string of the molecule is NCc1nc(Cl)no1. The van der Waals surface area contributed by atoms with Gasteiger partial charge in [-0.25, -0.2) is 0 Å². The second-order valence-electron chi connectivity index (χ2n) is 1.16. The predicted octanol–water partition coefficient (Wildman–Crippen LogP) is 0.182. The summed E-state index contributed by atoms with van der Waals surface area (Å²) < 4.78 is 4.50. The van der Waals surface area contributed by atoms with Crippen molar-refractivity contribution in [2.75, 3.05) is 0 Å². The lowest BCUT2D eigenvalue weighted by molar-refractivity contribution is 0.379. The van der Waals surface area contributed by atoms with E-state index >= 15 is 0 Å². The van der Waals surface area contributed by atoms with Gasteiger partial charge in [-0.15, -0.1) is 0 Å². The molecule has 0 aromatic carbocycles. The van der Waals surface area contributed by atoms with Crippen molar-refractivity contribution in [1.29, 1.82) is 0 Å². The van der Waals surface area contributed by atoms with Crippen molar-refractivity contribution >= 4 is 11.6 Å². The van der Waals surface area contributed by atoms with Gasteiger partial charge in [0.2, 0.25) is 5.89 Å². The largest absolute Gasteiger partial charge is 0.337 e. The minimum atomic E-state index is 0.102. The maximum absolute atomic E-state index is 5.27. The topological polar surface area (TPSA) is 64.9 Å². The third-order valence-electron chi connectivity index (χ3n) is 0.618. The van der Waals surface area contributed by atoms with Crippen LogP contribution in [0.2, 0.25) is 5.28 Å². The summed E-state index contributed by atoms with van der Waals surface area (Å²) in [5.41, 5.74) is 5.11. The molecule has 0 saturated carbocycles. The molecule has 0 radical (unpaired) electrons. The molecule has 44 valence electrons. The highest BCUT2D eigenvalue weighted by Gasteiger charge is 1.97. The van der Waals surface area contributed by atoms with Gasteiger partial charge in [-0.2, -0.15) is 4.98 Å². The molecule has 1 rings (SSSR count). The van der Waals surface area contributed by atoms with Gasteiger partial charge in [-0.1, -0.05) is 0 Å². The van der Waals surface area contributed by atoms with E-state index in [0.717, 1.165) is 0 Å². The van der Waals surface area contributed by atoms with E-state index < -0.39 is 0 Å². The Morgan fingerprint density at radius 3 is 2.75 bits per heavy atom. The molecular weight excluding hydrogens is 130 g/mol. The standard InChI is InChI=1S/C3H4ClN3O/c4-3-6-2(1-5)8-7-3/h1,5H2. The van der Waals surface area contributed by atoms with Gasteiger partial charge in [-0.3, -0.25) is 0 Å². The van der Waals surface area contributed by atoms with Crippen LogP contribution in [0.3, 0.4) is 0 Å². The number of rotatable bonds is 1. The van der Waals surface area contributed by atoms with E-state index in [1.165, 1.54) is 0 Å². The van der Waals surface area contributed by atoms with E-state index in [4.69, 9.17) is 17.3 Å². The van der Waals surface area contributed by atoms with Crippen molar-refractivity contribution < 1.29 is 4.52 Å². The van der Waals surface area contributed by atoms with Crippen LogP contribution in [0.1, 0.15) is 5.89 Å². The Balaban J connectivity index is 2.84. The first-order chi connectivity index (χ1) is 3.83. The molecule has 0 unspecified atom stereocenters. The number of nitrogens with two attached hydrogens (primary N) is 1. The van der Waals surface area contributed by atoms with Crippen LogP contribution in [0.4, 0.5) is 0 Å². The Labute approximate surface area is 50.6 Å². The molecule has 1 aromatic rings. The smallest absolute Gasteiger partial charge is 0.263 e. The fourth-order valence-electron chi connectivity index (χ4n) is 0.317. The number of aromatic nitrogens is 2. The van der Waals surface area contributed by atoms with Gasteiger partial charge >= 0.3 is 0 Å². The molecule has 0 amide bonds. The second-order valence-corrected chi connectivity index (χ2v) is 1.50. The first-order valence-corrected chi connectivity index (χ1v) is 2.39. The molecule has 1 heterocycles. The van der Waals surface area contributed by atoms with Crippen LogP contribution >= 0.6 is 11.6 Å². The Morgan fingerprint density at radius 2 is 2.50 bits per heavy atom. The van der Waals surface area contributed by atoms with Crippen molar-refractivity contribution in [3.8, 4) is 0 Å². The average Bonchev–Trinajstić information content (AvgIpc) is 2.14. The lowest BCUT2D eigenvalue weighted by Gasteiger charge is -1.75. The second kappa shape index (κ2) is 2.11. The molecule has 8 heavy (non-hydrogen) atoms. The Hall–Kier alpha value is -0.610. The fraction of sp³-hybridized carbons (Fsp3) is 0.333. The summed E-state index contributed by atoms with van der Waals surface area (Å²) in [4.78, 5) is 3.59. The molecule has 0 aliphatic rings. The molecule has 4 nitrogen and oxygen atoms in total. The van der Waals surface area contributed by atoms with Crippen LogP contribution in [0, 0.1) is 0 Å². The van der Waals surface area contributed by atoms with Gasteiger partial charge in [0, 0.05) is 0 Å². The monoisotopic (exact) mass is 133 g/mol. The summed E-state index contributed by atoms with van der Waals surface area (Å²) in [6.45, 7) is 0.236. The van der Waals surface area contributed by atoms with E-state index in [0.29, 0.717) is 5.89 Å². The van der Waals surface area contributed by atoms with Crippen LogP contribution in [0.25, 0.3) is 0 Å². The van der Waals surface area contributed by atoms with Gasteiger partial charge in [0.05, 0.1) is 6.54 Å². The van der Waals surface area contributed by atoms with Crippen LogP contribution in [0.15, 0.2) is 4.52 Å². The van der Waals surface area contributed by atoms with Gasteiger partial charge in [0.25, 0.3) is 5.28 Å². The molecule has 0 aliphatic carbocycles. The molecule has 0 fully saturated rings. The average molecular weight is 134 g/mol. The number of nitrogens with zero attached hydrogens (tertiary/aromatic N) is 2. The van der Waals surface area contributed by atoms with Crippen molar-refractivity contribution in [2.24, 2.45) is 5.73 Å². The summed E-state index contributed by atoms with van der Waals surface area (Å²) in [6.07, 6.45) is 0. The van der Waals surface area contributed by atoms with E-state index in [1.54, 1.807) is 0 Å². The predicted molar refractivity (Wildman–Crippen MR) is 27.2 cm³/mol. The van der Waals surface area contributed by atoms with E-state index in [1.807, 2.05) is 0 Å². The zero-order chi connectivity index (χ0) is 5.98. The fourth-order valence-corrected chi connectivity index (χ4v) is 0.446. The summed E-state index contributed by atoms with van der Waals surface area (Å²) >= 11 is 5.27. The van der Waals surface area contributed by atoms with Crippen LogP contribution in [-0.2, 0) is 6.54 Å². The van der Waals surface area contributed by atoms with Gasteiger partial charge in [0.1, 0.15) is 0 Å². The third kappa shape index (κ3) is 0.962. The summed E-state index contributed by atoms with van der Waals surface area (Å²) in [5, 5.41) is 3.39. The van der Waals surface area contributed by atoms with Crippen LogP contribution in [-0.4, -0.2) is 10.1 Å². The minimum absolute atomic E-state index is 0.102. The Morgan fingerprint density at radius 1 is 1.75 bits per heavy atom. The molecular formula is C3H4ClN3O. The van der Waals surface area contributed by atoms with Crippen LogP contribution < -0.4 is 5.73 Å². The zero-order valence-electron chi connectivity index (χ0n) is 3.97. The number of hydrogen-bond donors (Lipinski definition) is 1. The lowest BCUT2D eigenvalue weighted by atomic mass is 10.7. The number of halogens is 1. The molecule has 0 aliphatic heterocycles. The molecule has 0 bridgehead atoms. The highest BCUT2D eigenvalue weighted by atomic mass is 35.5. The first kappa shape index (κ1) is 5.53. The summed E-state index contributed by atoms with van der Waals surface area (Å²) in [5.74, 6) is 0.356. The van der Waals surface area contributed by atoms with Crippen molar-refractivity contribution in [3.63, 3.8) is 0 Å². The minimum Gasteiger partial charge on any atom is -0.337 e. The Kier molecular flexibility index (Phi) is 1.45. The van der Waals surface area contributed by atoms with Crippen LogP contribution in [0.5, 0.6) is 0 Å². The lowest BCUT2D eigenvalue weighted by Crippen LogP contribution is -1.95. The third-order valence-corrected chi connectivity index (χ3v) is 0.771. The highest BCUT2D eigenvalue weighted by molar-refractivity contribution is 6.28. The highest BCUT2D eigenvalue weighted by Crippen LogP contribution is 2.00. The molecule has 1 aromatic heterocycles. The number of hydrogen-bond acceptors (Lipinski definition) is 4. The first-order valence-electron chi connectivity index (χ1n) is 2.01. The van der Waals surface area contributed by atoms with Crippen molar-refractivity contribution in [2.45, 2.75) is 6.54 Å². The summed E-state index contributed by atoms with van der Waals surface area (Å²) in [7, 11) is 0. The molecule has 0 spiro atoms. The van der Waals surface area contributed by atoms with Gasteiger partial charge < -0.3 is 10.3 Å². The Bertz CT molecular complexity index is 175. The summed E-state index contributed by atoms with van der Waals surface area (Å²) in [6, 6.07) is 0. The quantitative estimate of drug-likeness (QED) is 0.594. The van der Waals surface area contributed by atoms with E-state index in [2.05, 4.69) is 14.7 Å². The van der Waals surface area contributed by atoms with E-state index in [-0.39, 0.29) is 11.8 Å². The van der Waals surface area contributed by atoms with Gasteiger partial charge in [0.15, 0.2) is 0 Å². The molecule has 2 N–H and O–H groups in total. The normalized spacial score (nSPS) is 9.75. The van der Waals surface area contributed by atoms with E-state index in [9.17, 15) is 0 Å². The molecule has 5 heteroatoms. The van der Waals surface area contributed by atoms with Gasteiger partial charge in [-0.05, 0) is 16.8 Å². The van der Waals surface area contributed by atoms with Crippen molar-refractivity contribution in [3.05, 3.63) is 11.2 Å². The molecule has 0 saturated heterocycles. The molecule has 0 atom stereocenters. The maximum atomic E-state index is 5.27. The zero-order valence-corrected chi connectivity index (χ0v) is 4.72.